The molecule has 16 heavy (non-hydrogen) atoms. The molecule has 0 aliphatic rings. The number of hydrogen-bond donors (Lipinski definition) is 0. The van der Waals surface area contributed by atoms with Gasteiger partial charge in [0.15, 0.2) is 0 Å². The fourth-order valence-corrected chi connectivity index (χ4v) is 1.86. The van der Waals surface area contributed by atoms with E-state index in [9.17, 15) is 0 Å². The first-order valence-corrected chi connectivity index (χ1v) is 5.59. The quantitative estimate of drug-likeness (QED) is 0.538. The van der Waals surface area contributed by atoms with Crippen molar-refractivity contribution in [3.05, 3.63) is 28.8 Å². The van der Waals surface area contributed by atoms with Gasteiger partial charge >= 0.3 is 26.2 Å². The van der Waals surface area contributed by atoms with Gasteiger partial charge in [-0.1, -0.05) is 52.9 Å². The molecule has 91 valence electrons. The minimum Gasteiger partial charge on any atom is -1.00 e. The molecule has 0 atom stereocenters. The van der Waals surface area contributed by atoms with Crippen molar-refractivity contribution in [2.24, 2.45) is 0 Å². The van der Waals surface area contributed by atoms with E-state index in [4.69, 9.17) is 0 Å². The average molecular weight is 339 g/mol. The standard InChI is InChI=1S/C13H21.2ClH.Zr/c1-4-7-8-11-9-12(5-2)13(6-3)10-11;;;/h9-10H,4-8H2,1-3H3;2*1H;/q-1;;;+3/p-2. The van der Waals surface area contributed by atoms with E-state index in [0.29, 0.717) is 0 Å². The van der Waals surface area contributed by atoms with E-state index < -0.39 is 0 Å². The van der Waals surface area contributed by atoms with E-state index in [1.165, 1.54) is 32.1 Å². The van der Waals surface area contributed by atoms with E-state index in [1.54, 1.807) is 16.7 Å². The van der Waals surface area contributed by atoms with Crippen molar-refractivity contribution in [1.82, 2.24) is 0 Å². The van der Waals surface area contributed by atoms with Crippen molar-refractivity contribution in [3.63, 3.8) is 0 Å². The van der Waals surface area contributed by atoms with Crippen molar-refractivity contribution in [3.8, 4) is 0 Å². The largest absolute Gasteiger partial charge is 3.00 e. The van der Waals surface area contributed by atoms with Gasteiger partial charge in [-0.25, -0.2) is 6.07 Å². The van der Waals surface area contributed by atoms with Gasteiger partial charge in [-0.05, 0) is 0 Å². The molecule has 0 nitrogen and oxygen atoms in total. The van der Waals surface area contributed by atoms with Gasteiger partial charge < -0.3 is 24.8 Å². The molecule has 0 unspecified atom stereocenters. The Morgan fingerprint density at radius 3 is 2.12 bits per heavy atom. The van der Waals surface area contributed by atoms with Crippen LogP contribution in [0.1, 0.15) is 50.3 Å². The first kappa shape index (κ1) is 22.0. The monoisotopic (exact) mass is 337 g/mol. The maximum Gasteiger partial charge on any atom is 3.00 e. The molecule has 0 bridgehead atoms. The number of unbranched alkanes of at least 4 members (excludes halogenated alkanes) is 1. The molecule has 0 heterocycles. The Bertz CT molecular complexity index is 235. The van der Waals surface area contributed by atoms with Gasteiger partial charge in [-0.15, -0.1) is 0 Å². The third kappa shape index (κ3) is 6.52. The summed E-state index contributed by atoms with van der Waals surface area (Å²) in [6.07, 6.45) is 6.28. The Balaban J connectivity index is -0.000000563. The Kier molecular flexibility index (Phi) is 16.9. The van der Waals surface area contributed by atoms with Crippen LogP contribution in [-0.4, -0.2) is 0 Å². The summed E-state index contributed by atoms with van der Waals surface area (Å²) < 4.78 is 0. The molecular formula is C13H21Cl2Zr. The Morgan fingerprint density at radius 2 is 1.75 bits per heavy atom. The zero-order valence-corrected chi connectivity index (χ0v) is 14.4. The average Bonchev–Trinajstić information content (AvgIpc) is 2.57. The van der Waals surface area contributed by atoms with Crippen molar-refractivity contribution in [2.45, 2.75) is 52.9 Å². The summed E-state index contributed by atoms with van der Waals surface area (Å²) in [7, 11) is 0. The van der Waals surface area contributed by atoms with E-state index >= 15 is 0 Å². The molecule has 1 rings (SSSR count). The third-order valence-electron chi connectivity index (χ3n) is 2.71. The van der Waals surface area contributed by atoms with E-state index in [1.807, 2.05) is 0 Å². The maximum absolute atomic E-state index is 2.40. The van der Waals surface area contributed by atoms with Gasteiger partial charge in [0.25, 0.3) is 0 Å². The molecule has 1 radical (unpaired) electrons. The minimum atomic E-state index is 0. The molecule has 0 aliphatic carbocycles. The number of rotatable bonds is 5. The van der Waals surface area contributed by atoms with Gasteiger partial charge in [0.1, 0.15) is 0 Å². The van der Waals surface area contributed by atoms with E-state index in [-0.39, 0.29) is 51.0 Å². The summed E-state index contributed by atoms with van der Waals surface area (Å²) in [6, 6.07) is 4.79. The summed E-state index contributed by atoms with van der Waals surface area (Å²) in [5.41, 5.74) is 4.68. The summed E-state index contributed by atoms with van der Waals surface area (Å²) in [5.74, 6) is 0. The molecule has 1 aromatic carbocycles. The third-order valence-corrected chi connectivity index (χ3v) is 2.71. The van der Waals surface area contributed by atoms with Crippen molar-refractivity contribution < 1.29 is 51.0 Å². The van der Waals surface area contributed by atoms with Crippen molar-refractivity contribution in [2.75, 3.05) is 0 Å². The molecule has 0 aliphatic heterocycles. The minimum absolute atomic E-state index is 0. The second-order valence-electron chi connectivity index (χ2n) is 3.72. The molecule has 0 saturated heterocycles. The fourth-order valence-electron chi connectivity index (χ4n) is 1.86. The predicted octanol–water partition coefficient (Wildman–Crippen LogP) is -2.12. The number of aryl methyl sites for hydroxylation is 3. The molecule has 3 heteroatoms. The van der Waals surface area contributed by atoms with Crippen molar-refractivity contribution >= 4 is 0 Å². The molecule has 1 aromatic rings. The van der Waals surface area contributed by atoms with Crippen LogP contribution < -0.4 is 24.8 Å². The Hall–Kier alpha value is 0.813. The smallest absolute Gasteiger partial charge is 1.00 e. The van der Waals surface area contributed by atoms with Crippen LogP contribution in [0.2, 0.25) is 0 Å². The molecular weight excluding hydrogens is 318 g/mol. The zero-order valence-electron chi connectivity index (χ0n) is 10.4. The molecule has 0 saturated carbocycles. The Morgan fingerprint density at radius 1 is 1.12 bits per heavy atom. The van der Waals surface area contributed by atoms with Gasteiger partial charge in [0, 0.05) is 0 Å². The second kappa shape index (κ2) is 12.3. The van der Waals surface area contributed by atoms with Crippen LogP contribution in [-0.2, 0) is 45.5 Å². The first-order valence-electron chi connectivity index (χ1n) is 5.59. The molecule has 0 aromatic heterocycles. The van der Waals surface area contributed by atoms with Crippen LogP contribution in [0.5, 0.6) is 0 Å². The number of hydrogen-bond acceptors (Lipinski definition) is 0. The Labute approximate surface area is 132 Å². The zero-order chi connectivity index (χ0) is 9.68. The van der Waals surface area contributed by atoms with Crippen LogP contribution in [0.25, 0.3) is 0 Å². The van der Waals surface area contributed by atoms with Crippen molar-refractivity contribution in [1.29, 1.82) is 0 Å². The SMILES string of the molecule is CCCCc1cc(CC)[c-](CC)c1.[Cl-].[Cl-].[Zr+3]. The fraction of sp³-hybridized carbons (Fsp3) is 0.615. The predicted molar refractivity (Wildman–Crippen MR) is 59.4 cm³/mol. The van der Waals surface area contributed by atoms with Crippen LogP contribution in [0.15, 0.2) is 12.1 Å². The van der Waals surface area contributed by atoms with Gasteiger partial charge in [0.2, 0.25) is 0 Å². The molecule has 0 fully saturated rings. The second-order valence-corrected chi connectivity index (χ2v) is 3.72. The summed E-state index contributed by atoms with van der Waals surface area (Å²) in [4.78, 5) is 0. The number of halogens is 2. The van der Waals surface area contributed by atoms with Gasteiger partial charge in [0.05, 0.1) is 0 Å². The van der Waals surface area contributed by atoms with Crippen LogP contribution >= 0.6 is 0 Å². The maximum atomic E-state index is 2.40. The van der Waals surface area contributed by atoms with Crippen LogP contribution in [0, 0.1) is 0 Å². The van der Waals surface area contributed by atoms with E-state index in [0.717, 1.165) is 0 Å². The summed E-state index contributed by atoms with van der Waals surface area (Å²) in [6.45, 7) is 6.75. The summed E-state index contributed by atoms with van der Waals surface area (Å²) in [5, 5.41) is 0. The summed E-state index contributed by atoms with van der Waals surface area (Å²) >= 11 is 0. The molecule has 0 spiro atoms. The molecule has 0 N–H and O–H groups in total. The van der Waals surface area contributed by atoms with E-state index in [2.05, 4.69) is 32.9 Å². The normalized spacial score (nSPS) is 8.69. The van der Waals surface area contributed by atoms with Crippen LogP contribution in [0.3, 0.4) is 0 Å². The van der Waals surface area contributed by atoms with Crippen LogP contribution in [0.4, 0.5) is 0 Å². The van der Waals surface area contributed by atoms with Gasteiger partial charge in [-0.3, -0.25) is 0 Å². The first-order chi connectivity index (χ1) is 6.31. The molecule has 0 amide bonds. The van der Waals surface area contributed by atoms with Gasteiger partial charge in [-0.2, -0.15) is 22.8 Å². The topological polar surface area (TPSA) is 0 Å².